The Hall–Kier alpha value is -3.42. The van der Waals surface area contributed by atoms with Gasteiger partial charge in [0, 0.05) is 13.2 Å². The summed E-state index contributed by atoms with van der Waals surface area (Å²) in [6.07, 6.45) is 1.46. The molecular formula is C18H18N4O4. The smallest absolute Gasteiger partial charge is 0.376 e. The average molecular weight is 354 g/mol. The van der Waals surface area contributed by atoms with Crippen LogP contribution in [-0.2, 0) is 0 Å². The maximum atomic E-state index is 12.5. The minimum absolute atomic E-state index is 0.0274. The quantitative estimate of drug-likeness (QED) is 0.499. The van der Waals surface area contributed by atoms with E-state index in [0.717, 1.165) is 11.3 Å². The van der Waals surface area contributed by atoms with Crippen LogP contribution in [0.15, 0.2) is 53.5 Å². The third-order valence-corrected chi connectivity index (χ3v) is 4.01. The van der Waals surface area contributed by atoms with Gasteiger partial charge in [-0.1, -0.05) is 24.3 Å². The molecule has 0 aliphatic carbocycles. The largest absolute Gasteiger partial charge is 0.491 e. The average Bonchev–Trinajstić information content (AvgIpc) is 2.62. The van der Waals surface area contributed by atoms with Crippen LogP contribution in [0.5, 0.6) is 5.75 Å². The highest BCUT2D eigenvalue weighted by atomic mass is 16.6. The molecule has 2 aromatic heterocycles. The van der Waals surface area contributed by atoms with Crippen LogP contribution in [0.25, 0.3) is 5.65 Å². The van der Waals surface area contributed by atoms with Crippen molar-refractivity contribution in [2.45, 2.75) is 6.92 Å². The Morgan fingerprint density at radius 2 is 1.96 bits per heavy atom. The van der Waals surface area contributed by atoms with Gasteiger partial charge in [-0.15, -0.1) is 0 Å². The van der Waals surface area contributed by atoms with E-state index in [1.807, 2.05) is 31.2 Å². The van der Waals surface area contributed by atoms with E-state index in [-0.39, 0.29) is 5.82 Å². The summed E-state index contributed by atoms with van der Waals surface area (Å²) < 4.78 is 6.89. The molecule has 0 fully saturated rings. The molecule has 8 nitrogen and oxygen atoms in total. The molecule has 0 N–H and O–H groups in total. The number of aromatic nitrogens is 2. The number of anilines is 1. The van der Waals surface area contributed by atoms with Gasteiger partial charge in [0.05, 0.1) is 11.5 Å². The lowest BCUT2D eigenvalue weighted by atomic mass is 10.2. The zero-order valence-electron chi connectivity index (χ0n) is 14.5. The standard InChI is InChI=1S/C18H18N4O4/c1-13-7-3-4-8-14(13)26-12-11-20(2)17-16(22(24)25)18(23)21-10-6-5-9-15(21)19-17/h3-10H,11-12H2,1-2H3. The van der Waals surface area contributed by atoms with Crippen molar-refractivity contribution in [3.8, 4) is 5.75 Å². The van der Waals surface area contributed by atoms with E-state index in [2.05, 4.69) is 4.98 Å². The first-order chi connectivity index (χ1) is 12.5. The molecule has 0 bridgehead atoms. The summed E-state index contributed by atoms with van der Waals surface area (Å²) in [5.74, 6) is 0.779. The molecule has 26 heavy (non-hydrogen) atoms. The number of aryl methyl sites for hydroxylation is 1. The van der Waals surface area contributed by atoms with Crippen molar-refractivity contribution in [1.29, 1.82) is 0 Å². The van der Waals surface area contributed by atoms with Crippen LogP contribution in [0, 0.1) is 17.0 Å². The number of benzene rings is 1. The molecule has 0 saturated heterocycles. The number of pyridine rings is 1. The normalized spacial score (nSPS) is 10.7. The fourth-order valence-electron chi connectivity index (χ4n) is 2.61. The summed E-state index contributed by atoms with van der Waals surface area (Å²) in [7, 11) is 1.65. The van der Waals surface area contributed by atoms with Crippen molar-refractivity contribution >= 4 is 17.2 Å². The minimum Gasteiger partial charge on any atom is -0.491 e. The van der Waals surface area contributed by atoms with E-state index in [0.29, 0.717) is 18.8 Å². The zero-order chi connectivity index (χ0) is 18.7. The second kappa shape index (κ2) is 7.22. The Morgan fingerprint density at radius 1 is 1.23 bits per heavy atom. The molecule has 1 aromatic carbocycles. The maximum absolute atomic E-state index is 12.5. The Morgan fingerprint density at radius 3 is 2.69 bits per heavy atom. The number of fused-ring (bicyclic) bond motifs is 1. The van der Waals surface area contributed by atoms with Gasteiger partial charge in [-0.05, 0) is 30.7 Å². The predicted molar refractivity (Wildman–Crippen MR) is 98.1 cm³/mol. The number of ether oxygens (including phenoxy) is 1. The van der Waals surface area contributed by atoms with Crippen molar-refractivity contribution in [3.05, 3.63) is 74.7 Å². The van der Waals surface area contributed by atoms with Gasteiger partial charge in [0.1, 0.15) is 18.0 Å². The van der Waals surface area contributed by atoms with Crippen molar-refractivity contribution < 1.29 is 9.66 Å². The molecule has 0 aliphatic heterocycles. The predicted octanol–water partition coefficient (Wildman–Crippen LogP) is 2.43. The lowest BCUT2D eigenvalue weighted by molar-refractivity contribution is -0.385. The van der Waals surface area contributed by atoms with E-state index in [4.69, 9.17) is 4.74 Å². The number of hydrogen-bond donors (Lipinski definition) is 0. The van der Waals surface area contributed by atoms with Crippen LogP contribution in [0.1, 0.15) is 5.56 Å². The Kier molecular flexibility index (Phi) is 4.83. The Labute approximate surface area is 149 Å². The minimum atomic E-state index is -0.706. The zero-order valence-corrected chi connectivity index (χ0v) is 14.5. The first-order valence-electron chi connectivity index (χ1n) is 8.04. The van der Waals surface area contributed by atoms with Crippen LogP contribution in [0.3, 0.4) is 0 Å². The summed E-state index contributed by atoms with van der Waals surface area (Å²) in [5, 5.41) is 11.4. The molecule has 2 heterocycles. The molecule has 0 atom stereocenters. The molecule has 8 heteroatoms. The molecule has 0 unspecified atom stereocenters. The molecule has 0 spiro atoms. The number of rotatable bonds is 6. The highest BCUT2D eigenvalue weighted by Crippen LogP contribution is 2.22. The van der Waals surface area contributed by atoms with Crippen molar-refractivity contribution in [2.24, 2.45) is 0 Å². The van der Waals surface area contributed by atoms with Gasteiger partial charge in [0.2, 0.25) is 5.82 Å². The molecule has 0 amide bonds. The summed E-state index contributed by atoms with van der Waals surface area (Å²) in [6, 6.07) is 12.6. The monoisotopic (exact) mass is 354 g/mol. The molecule has 3 rings (SSSR count). The number of likely N-dealkylation sites (N-methyl/N-ethyl adjacent to an activating group) is 1. The number of nitrogens with zero attached hydrogens (tertiary/aromatic N) is 4. The van der Waals surface area contributed by atoms with E-state index in [1.54, 1.807) is 30.1 Å². The van der Waals surface area contributed by atoms with Crippen LogP contribution in [0.4, 0.5) is 11.5 Å². The van der Waals surface area contributed by atoms with Gasteiger partial charge < -0.3 is 9.64 Å². The van der Waals surface area contributed by atoms with Crippen molar-refractivity contribution in [2.75, 3.05) is 25.1 Å². The van der Waals surface area contributed by atoms with Crippen molar-refractivity contribution in [1.82, 2.24) is 9.38 Å². The van der Waals surface area contributed by atoms with E-state index >= 15 is 0 Å². The number of nitro groups is 1. The van der Waals surface area contributed by atoms with Crippen LogP contribution in [0.2, 0.25) is 0 Å². The SMILES string of the molecule is Cc1ccccc1OCCN(C)c1nc2ccccn2c(=O)c1[N+](=O)[O-]. The van der Waals surface area contributed by atoms with Crippen LogP contribution < -0.4 is 15.2 Å². The number of para-hydroxylation sites is 1. The van der Waals surface area contributed by atoms with Gasteiger partial charge in [-0.3, -0.25) is 19.3 Å². The molecule has 0 radical (unpaired) electrons. The van der Waals surface area contributed by atoms with Crippen molar-refractivity contribution in [3.63, 3.8) is 0 Å². The van der Waals surface area contributed by atoms with Gasteiger partial charge in [-0.25, -0.2) is 4.98 Å². The van der Waals surface area contributed by atoms with Crippen LogP contribution in [-0.4, -0.2) is 34.5 Å². The van der Waals surface area contributed by atoms with Gasteiger partial charge in [0.25, 0.3) is 0 Å². The van der Waals surface area contributed by atoms with Gasteiger partial charge in [-0.2, -0.15) is 0 Å². The van der Waals surface area contributed by atoms with E-state index < -0.39 is 16.2 Å². The highest BCUT2D eigenvalue weighted by Gasteiger charge is 2.26. The van der Waals surface area contributed by atoms with E-state index in [9.17, 15) is 14.9 Å². The van der Waals surface area contributed by atoms with Gasteiger partial charge >= 0.3 is 11.2 Å². The third-order valence-electron chi connectivity index (χ3n) is 4.01. The lowest BCUT2D eigenvalue weighted by Gasteiger charge is -2.19. The summed E-state index contributed by atoms with van der Waals surface area (Å²) in [6.45, 7) is 2.58. The maximum Gasteiger partial charge on any atom is 0.376 e. The summed E-state index contributed by atoms with van der Waals surface area (Å²) in [5.41, 5.74) is 0.0994. The second-order valence-electron chi connectivity index (χ2n) is 5.81. The summed E-state index contributed by atoms with van der Waals surface area (Å²) >= 11 is 0. The lowest BCUT2D eigenvalue weighted by Crippen LogP contribution is -2.29. The first kappa shape index (κ1) is 17.4. The Bertz CT molecular complexity index is 1020. The fraction of sp³-hybridized carbons (Fsp3) is 0.222. The second-order valence-corrected chi connectivity index (χ2v) is 5.81. The molecule has 3 aromatic rings. The fourth-order valence-corrected chi connectivity index (χ4v) is 2.61. The van der Waals surface area contributed by atoms with Crippen LogP contribution >= 0.6 is 0 Å². The molecule has 0 aliphatic rings. The topological polar surface area (TPSA) is 90.0 Å². The molecule has 134 valence electrons. The Balaban J connectivity index is 1.86. The van der Waals surface area contributed by atoms with E-state index in [1.165, 1.54) is 10.6 Å². The molecule has 0 saturated carbocycles. The molecular weight excluding hydrogens is 336 g/mol. The highest BCUT2D eigenvalue weighted by molar-refractivity contribution is 5.61. The third kappa shape index (κ3) is 3.34. The summed E-state index contributed by atoms with van der Waals surface area (Å²) in [4.78, 5) is 29.0. The first-order valence-corrected chi connectivity index (χ1v) is 8.04. The van der Waals surface area contributed by atoms with Gasteiger partial charge in [0.15, 0.2) is 0 Å². The number of hydrogen-bond acceptors (Lipinski definition) is 6.